The lowest BCUT2D eigenvalue weighted by Crippen LogP contribution is -2.20. The van der Waals surface area contributed by atoms with Crippen molar-refractivity contribution in [3.63, 3.8) is 0 Å². The Labute approximate surface area is 170 Å². The molecule has 3 aromatic rings. The van der Waals surface area contributed by atoms with Gasteiger partial charge in [0.15, 0.2) is 11.5 Å². The van der Waals surface area contributed by atoms with Crippen LogP contribution in [0.1, 0.15) is 28.2 Å². The summed E-state index contributed by atoms with van der Waals surface area (Å²) in [6, 6.07) is 20.2. The van der Waals surface area contributed by atoms with Gasteiger partial charge in [0.1, 0.15) is 0 Å². The first kappa shape index (κ1) is 19.5. The summed E-state index contributed by atoms with van der Waals surface area (Å²) in [7, 11) is 0. The third-order valence-electron chi connectivity index (χ3n) is 5.21. The highest BCUT2D eigenvalue weighted by Crippen LogP contribution is 2.45. The first-order valence-electron chi connectivity index (χ1n) is 9.05. The number of hydrogen-bond acceptors (Lipinski definition) is 3. The Hall–Kier alpha value is -2.30. The number of phenolic OH excluding ortho intramolecular Hbond substituents is 2. The van der Waals surface area contributed by atoms with Crippen LogP contribution in [0.5, 0.6) is 11.5 Å². The number of halogens is 1. The molecular formula is C23H24BrNO2. The molecule has 0 bridgehead atoms. The Morgan fingerprint density at radius 3 is 2.48 bits per heavy atom. The van der Waals surface area contributed by atoms with Crippen LogP contribution in [-0.4, -0.2) is 23.3 Å². The first-order chi connectivity index (χ1) is 12.6. The molecule has 3 nitrogen and oxygen atoms in total. The van der Waals surface area contributed by atoms with Crippen molar-refractivity contribution in [2.45, 2.75) is 19.3 Å². The number of hydrogen-bond donors (Lipinski definition) is 3. The molecule has 4 heteroatoms. The molecule has 3 N–H and O–H groups in total. The largest absolute Gasteiger partial charge is 0.504 e. The van der Waals surface area contributed by atoms with Gasteiger partial charge in [0.05, 0.1) is 0 Å². The summed E-state index contributed by atoms with van der Waals surface area (Å²) in [6.45, 7) is 3.70. The molecule has 0 saturated carbocycles. The molecule has 0 spiro atoms. The molecule has 0 aromatic heterocycles. The number of nitrogens with one attached hydrogen (secondary N) is 1. The van der Waals surface area contributed by atoms with Crippen LogP contribution in [0, 0.1) is 6.92 Å². The second kappa shape index (κ2) is 8.15. The fraction of sp³-hybridized carbons (Fsp3) is 0.217. The van der Waals surface area contributed by atoms with Gasteiger partial charge < -0.3 is 15.5 Å². The third kappa shape index (κ3) is 3.73. The van der Waals surface area contributed by atoms with E-state index >= 15 is 0 Å². The van der Waals surface area contributed by atoms with E-state index in [-0.39, 0.29) is 34.4 Å². The highest BCUT2D eigenvalue weighted by atomic mass is 79.9. The molecule has 1 aliphatic heterocycles. The molecule has 1 unspecified atom stereocenters. The Morgan fingerprint density at radius 2 is 1.74 bits per heavy atom. The van der Waals surface area contributed by atoms with E-state index in [0.717, 1.165) is 47.3 Å². The van der Waals surface area contributed by atoms with Crippen LogP contribution >= 0.6 is 17.0 Å². The van der Waals surface area contributed by atoms with Gasteiger partial charge in [0.25, 0.3) is 0 Å². The Bertz CT molecular complexity index is 941. The molecule has 3 aromatic carbocycles. The number of fused-ring (bicyclic) bond motifs is 1. The van der Waals surface area contributed by atoms with Crippen LogP contribution < -0.4 is 5.32 Å². The van der Waals surface area contributed by atoms with Gasteiger partial charge in [-0.2, -0.15) is 0 Å². The maximum absolute atomic E-state index is 10.7. The van der Waals surface area contributed by atoms with Gasteiger partial charge in [0, 0.05) is 18.0 Å². The third-order valence-corrected chi connectivity index (χ3v) is 5.21. The van der Waals surface area contributed by atoms with Crippen LogP contribution in [-0.2, 0) is 6.42 Å². The molecule has 1 atom stereocenters. The minimum absolute atomic E-state index is 0. The van der Waals surface area contributed by atoms with Crippen LogP contribution in [0.3, 0.4) is 0 Å². The zero-order chi connectivity index (χ0) is 18.1. The lowest BCUT2D eigenvalue weighted by molar-refractivity contribution is 0.404. The van der Waals surface area contributed by atoms with E-state index in [4.69, 9.17) is 0 Å². The van der Waals surface area contributed by atoms with Gasteiger partial charge >= 0.3 is 0 Å². The predicted octanol–water partition coefficient (Wildman–Crippen LogP) is 4.93. The number of benzene rings is 3. The maximum atomic E-state index is 10.7. The number of aromatic hydroxyl groups is 2. The van der Waals surface area contributed by atoms with Crippen molar-refractivity contribution in [1.82, 2.24) is 5.32 Å². The quantitative estimate of drug-likeness (QED) is 0.510. The van der Waals surface area contributed by atoms with Crippen LogP contribution in [0.2, 0.25) is 0 Å². The van der Waals surface area contributed by atoms with Crippen molar-refractivity contribution in [2.24, 2.45) is 0 Å². The second-order valence-electron chi connectivity index (χ2n) is 6.97. The molecule has 27 heavy (non-hydrogen) atoms. The van der Waals surface area contributed by atoms with Crippen molar-refractivity contribution in [2.75, 3.05) is 13.1 Å². The molecule has 0 radical (unpaired) electrons. The Balaban J connectivity index is 0.00000210. The van der Waals surface area contributed by atoms with Crippen molar-refractivity contribution in [3.05, 3.63) is 82.9 Å². The fourth-order valence-electron chi connectivity index (χ4n) is 3.96. The summed E-state index contributed by atoms with van der Waals surface area (Å²) in [5.41, 5.74) is 6.25. The van der Waals surface area contributed by atoms with E-state index in [1.165, 1.54) is 5.56 Å². The summed E-state index contributed by atoms with van der Waals surface area (Å²) >= 11 is 0. The van der Waals surface area contributed by atoms with Crippen molar-refractivity contribution >= 4 is 17.0 Å². The van der Waals surface area contributed by atoms with Gasteiger partial charge in [-0.25, -0.2) is 0 Å². The van der Waals surface area contributed by atoms with E-state index in [1.807, 2.05) is 43.3 Å². The maximum Gasteiger partial charge on any atom is 0.165 e. The van der Waals surface area contributed by atoms with Crippen LogP contribution in [0.25, 0.3) is 11.1 Å². The zero-order valence-corrected chi connectivity index (χ0v) is 17.0. The van der Waals surface area contributed by atoms with Crippen molar-refractivity contribution < 1.29 is 10.2 Å². The predicted molar refractivity (Wildman–Crippen MR) is 115 cm³/mol. The van der Waals surface area contributed by atoms with Gasteiger partial charge in [0.2, 0.25) is 0 Å². The van der Waals surface area contributed by atoms with E-state index < -0.39 is 0 Å². The summed E-state index contributed by atoms with van der Waals surface area (Å²) in [5, 5.41) is 24.7. The monoisotopic (exact) mass is 425 g/mol. The minimum atomic E-state index is -0.0527. The highest BCUT2D eigenvalue weighted by molar-refractivity contribution is 8.93. The zero-order valence-electron chi connectivity index (χ0n) is 15.3. The number of rotatable bonds is 2. The molecular weight excluding hydrogens is 402 g/mol. The van der Waals surface area contributed by atoms with Gasteiger partial charge in [-0.3, -0.25) is 0 Å². The van der Waals surface area contributed by atoms with Crippen LogP contribution in [0.4, 0.5) is 0 Å². The summed E-state index contributed by atoms with van der Waals surface area (Å²) < 4.78 is 0. The molecule has 4 rings (SSSR count). The smallest absolute Gasteiger partial charge is 0.165 e. The average molecular weight is 426 g/mol. The number of aryl methyl sites for hydroxylation is 1. The molecule has 1 aliphatic rings. The van der Waals surface area contributed by atoms with E-state index in [2.05, 4.69) is 23.5 Å². The van der Waals surface area contributed by atoms with E-state index in [0.29, 0.717) is 0 Å². The average Bonchev–Trinajstić information content (AvgIpc) is 2.86. The Morgan fingerprint density at radius 1 is 0.963 bits per heavy atom. The lowest BCUT2D eigenvalue weighted by atomic mass is 9.83. The molecule has 0 saturated heterocycles. The van der Waals surface area contributed by atoms with Gasteiger partial charge in [-0.05, 0) is 48.2 Å². The van der Waals surface area contributed by atoms with E-state index in [9.17, 15) is 10.2 Å². The van der Waals surface area contributed by atoms with Gasteiger partial charge in [-0.1, -0.05) is 60.2 Å². The summed E-state index contributed by atoms with van der Waals surface area (Å²) in [4.78, 5) is 0. The van der Waals surface area contributed by atoms with Crippen molar-refractivity contribution in [3.8, 4) is 22.6 Å². The Kier molecular flexibility index (Phi) is 5.88. The van der Waals surface area contributed by atoms with Crippen molar-refractivity contribution in [1.29, 1.82) is 0 Å². The standard InChI is InChI=1S/C23H23NO2.BrH/c1-15-6-5-9-17(12-15)22-18-10-11-24-14-20(16-7-3-2-4-8-16)19(18)13-21(25)23(22)26;/h2-9,12-13,20,24-26H,10-11,14H2,1H3;1H. The molecule has 140 valence electrons. The SMILES string of the molecule is Br.Cc1cccc(-c2c(O)c(O)cc3c2CCNCC3c2ccccc2)c1. The second-order valence-corrected chi connectivity index (χ2v) is 6.97. The minimum Gasteiger partial charge on any atom is -0.504 e. The molecule has 0 aliphatic carbocycles. The molecule has 0 amide bonds. The summed E-state index contributed by atoms with van der Waals surface area (Å²) in [6.07, 6.45) is 0.815. The normalized spacial score (nSPS) is 16.1. The topological polar surface area (TPSA) is 52.5 Å². The molecule has 1 heterocycles. The lowest BCUT2D eigenvalue weighted by Gasteiger charge is -2.22. The summed E-state index contributed by atoms with van der Waals surface area (Å²) in [5.74, 6) is 0.0647. The number of phenols is 2. The van der Waals surface area contributed by atoms with E-state index in [1.54, 1.807) is 6.07 Å². The van der Waals surface area contributed by atoms with Crippen LogP contribution in [0.15, 0.2) is 60.7 Å². The highest BCUT2D eigenvalue weighted by Gasteiger charge is 2.26. The first-order valence-corrected chi connectivity index (χ1v) is 9.05. The molecule has 0 fully saturated rings. The van der Waals surface area contributed by atoms with Gasteiger partial charge in [-0.15, -0.1) is 17.0 Å². The fourth-order valence-corrected chi connectivity index (χ4v) is 3.96.